The SMILES string of the molecule is CN1C(=O)NC=CC1N.NC(CCn1c(=O)cc[nH]c1=O)C(=O)O. The molecule has 0 aliphatic carbocycles. The Morgan fingerprint density at radius 2 is 2.08 bits per heavy atom. The van der Waals surface area contributed by atoms with Gasteiger partial charge in [0.15, 0.2) is 0 Å². The molecule has 0 saturated carbocycles. The van der Waals surface area contributed by atoms with E-state index in [1.807, 2.05) is 0 Å². The lowest BCUT2D eigenvalue weighted by Crippen LogP contribution is -2.48. The van der Waals surface area contributed by atoms with Crippen molar-refractivity contribution in [3.8, 4) is 0 Å². The maximum absolute atomic E-state index is 11.2. The van der Waals surface area contributed by atoms with E-state index in [0.717, 1.165) is 4.57 Å². The van der Waals surface area contributed by atoms with E-state index >= 15 is 0 Å². The lowest BCUT2D eigenvalue weighted by molar-refractivity contribution is -0.138. The molecule has 0 saturated heterocycles. The van der Waals surface area contributed by atoms with Gasteiger partial charge in [0, 0.05) is 32.1 Å². The highest BCUT2D eigenvalue weighted by atomic mass is 16.4. The van der Waals surface area contributed by atoms with Crippen LogP contribution in [0.3, 0.4) is 0 Å². The Hall–Kier alpha value is -2.92. The fourth-order valence-corrected chi connectivity index (χ4v) is 1.64. The summed E-state index contributed by atoms with van der Waals surface area (Å²) in [6, 6.07) is -0.0465. The van der Waals surface area contributed by atoms with E-state index < -0.39 is 23.3 Å². The summed E-state index contributed by atoms with van der Waals surface area (Å²) >= 11 is 0. The molecule has 0 aromatic carbocycles. The van der Waals surface area contributed by atoms with Gasteiger partial charge in [0.2, 0.25) is 0 Å². The van der Waals surface area contributed by atoms with Crippen LogP contribution in [0.1, 0.15) is 6.42 Å². The van der Waals surface area contributed by atoms with Gasteiger partial charge in [0.05, 0.1) is 0 Å². The van der Waals surface area contributed by atoms with Gasteiger partial charge in [0.25, 0.3) is 5.56 Å². The molecule has 2 rings (SSSR count). The molecule has 11 nitrogen and oxygen atoms in total. The summed E-state index contributed by atoms with van der Waals surface area (Å²) in [7, 11) is 1.64. The summed E-state index contributed by atoms with van der Waals surface area (Å²) in [6.45, 7) is -0.0114. The number of amides is 2. The van der Waals surface area contributed by atoms with Crippen LogP contribution in [0.2, 0.25) is 0 Å². The highest BCUT2D eigenvalue weighted by Crippen LogP contribution is 1.95. The number of rotatable bonds is 4. The number of nitrogens with two attached hydrogens (primary N) is 2. The second kappa shape index (κ2) is 8.64. The van der Waals surface area contributed by atoms with Crippen LogP contribution in [-0.2, 0) is 11.3 Å². The molecule has 1 aliphatic heterocycles. The number of carboxylic acid groups (broad SMARTS) is 1. The molecular formula is C13H20N6O5. The molecule has 24 heavy (non-hydrogen) atoms. The van der Waals surface area contributed by atoms with Gasteiger partial charge in [-0.1, -0.05) is 0 Å². The number of urea groups is 1. The Balaban J connectivity index is 0.000000272. The fraction of sp³-hybridized carbons (Fsp3) is 0.385. The third kappa shape index (κ3) is 5.37. The van der Waals surface area contributed by atoms with Crippen molar-refractivity contribution < 1.29 is 14.7 Å². The number of aromatic nitrogens is 2. The quantitative estimate of drug-likeness (QED) is 0.412. The molecule has 1 aliphatic rings. The zero-order valence-electron chi connectivity index (χ0n) is 13.0. The van der Waals surface area contributed by atoms with Crippen LogP contribution < -0.4 is 28.0 Å². The predicted molar refractivity (Wildman–Crippen MR) is 85.0 cm³/mol. The first kappa shape index (κ1) is 19.1. The predicted octanol–water partition coefficient (Wildman–Crippen LogP) is -2.22. The second-order valence-electron chi connectivity index (χ2n) is 4.92. The van der Waals surface area contributed by atoms with Crippen molar-refractivity contribution in [2.75, 3.05) is 7.05 Å². The Morgan fingerprint density at radius 1 is 1.42 bits per heavy atom. The maximum atomic E-state index is 11.2. The standard InChI is InChI=1S/C8H11N3O4.C5H9N3O/c9-5(7(13)14)2-4-11-6(12)1-3-10-8(11)15;1-8-4(6)2-3-7-5(8)9/h1,3,5H,2,4,9H2,(H,10,15)(H,13,14);2-4H,6H2,1H3,(H,7,9). The van der Waals surface area contributed by atoms with Gasteiger partial charge >= 0.3 is 17.7 Å². The molecule has 2 heterocycles. The number of H-pyrrole nitrogens is 1. The number of aromatic amines is 1. The minimum absolute atomic E-state index is 0.0114. The fourth-order valence-electron chi connectivity index (χ4n) is 1.64. The van der Waals surface area contributed by atoms with E-state index in [1.54, 1.807) is 19.3 Å². The zero-order chi connectivity index (χ0) is 18.3. The van der Waals surface area contributed by atoms with Gasteiger partial charge in [-0.25, -0.2) is 9.59 Å². The molecule has 1 aromatic heterocycles. The largest absolute Gasteiger partial charge is 0.480 e. The van der Waals surface area contributed by atoms with Crippen LogP contribution in [-0.4, -0.2) is 50.8 Å². The summed E-state index contributed by atoms with van der Waals surface area (Å²) in [6.07, 6.45) is 4.24. The van der Waals surface area contributed by atoms with E-state index in [1.165, 1.54) is 17.2 Å². The highest BCUT2D eigenvalue weighted by molar-refractivity contribution is 5.76. The number of hydrogen-bond acceptors (Lipinski definition) is 6. The lowest BCUT2D eigenvalue weighted by atomic mass is 10.2. The van der Waals surface area contributed by atoms with E-state index in [0.29, 0.717) is 0 Å². The average Bonchev–Trinajstić information content (AvgIpc) is 2.52. The van der Waals surface area contributed by atoms with E-state index in [9.17, 15) is 19.2 Å². The first-order chi connectivity index (χ1) is 11.2. The molecule has 132 valence electrons. The summed E-state index contributed by atoms with van der Waals surface area (Å²) < 4.78 is 0.906. The topological polar surface area (TPSA) is 177 Å². The van der Waals surface area contributed by atoms with Gasteiger partial charge in [-0.2, -0.15) is 0 Å². The third-order valence-electron chi connectivity index (χ3n) is 3.19. The Kier molecular flexibility index (Phi) is 6.89. The molecular weight excluding hydrogens is 320 g/mol. The van der Waals surface area contributed by atoms with Gasteiger partial charge in [-0.15, -0.1) is 0 Å². The molecule has 0 spiro atoms. The van der Waals surface area contributed by atoms with Crippen LogP contribution in [0.4, 0.5) is 4.79 Å². The van der Waals surface area contributed by atoms with Crippen molar-refractivity contribution in [1.82, 2.24) is 19.8 Å². The van der Waals surface area contributed by atoms with Gasteiger partial charge in [-0.3, -0.25) is 14.2 Å². The molecule has 11 heteroatoms. The molecule has 0 fully saturated rings. The number of nitrogens with zero attached hydrogens (tertiary/aromatic N) is 2. The molecule has 7 N–H and O–H groups in total. The number of aliphatic carboxylic acids is 1. The Bertz CT molecular complexity index is 696. The van der Waals surface area contributed by atoms with Crippen molar-refractivity contribution in [2.24, 2.45) is 11.5 Å². The molecule has 0 radical (unpaired) electrons. The normalized spacial score (nSPS) is 17.5. The van der Waals surface area contributed by atoms with E-state index in [-0.39, 0.29) is 25.2 Å². The summed E-state index contributed by atoms with van der Waals surface area (Å²) in [4.78, 5) is 47.1. The first-order valence-corrected chi connectivity index (χ1v) is 6.96. The van der Waals surface area contributed by atoms with Crippen molar-refractivity contribution in [3.63, 3.8) is 0 Å². The van der Waals surface area contributed by atoms with Crippen molar-refractivity contribution >= 4 is 12.0 Å². The minimum atomic E-state index is -1.16. The third-order valence-corrected chi connectivity index (χ3v) is 3.19. The summed E-state index contributed by atoms with van der Waals surface area (Å²) in [5.41, 5.74) is 9.64. The van der Waals surface area contributed by atoms with Gasteiger partial charge in [-0.05, 0) is 12.5 Å². The molecule has 1 aromatic rings. The van der Waals surface area contributed by atoms with Crippen molar-refractivity contribution in [3.05, 3.63) is 45.4 Å². The molecule has 2 atom stereocenters. The molecule has 2 unspecified atom stereocenters. The number of hydrogen-bond donors (Lipinski definition) is 5. The minimum Gasteiger partial charge on any atom is -0.480 e. The van der Waals surface area contributed by atoms with E-state index in [4.69, 9.17) is 16.6 Å². The Morgan fingerprint density at radius 3 is 2.58 bits per heavy atom. The zero-order valence-corrected chi connectivity index (χ0v) is 13.0. The molecule has 2 amide bonds. The lowest BCUT2D eigenvalue weighted by Gasteiger charge is -2.24. The van der Waals surface area contributed by atoms with Crippen LogP contribution in [0.25, 0.3) is 0 Å². The van der Waals surface area contributed by atoms with Crippen LogP contribution in [0.5, 0.6) is 0 Å². The number of carboxylic acids is 1. The van der Waals surface area contributed by atoms with Crippen LogP contribution in [0, 0.1) is 0 Å². The number of nitrogens with one attached hydrogen (secondary N) is 2. The highest BCUT2D eigenvalue weighted by Gasteiger charge is 2.15. The maximum Gasteiger partial charge on any atom is 0.328 e. The number of carbonyl (C=O) groups is 2. The van der Waals surface area contributed by atoms with Gasteiger partial charge in [0.1, 0.15) is 12.2 Å². The van der Waals surface area contributed by atoms with Crippen molar-refractivity contribution in [1.29, 1.82) is 0 Å². The summed E-state index contributed by atoms with van der Waals surface area (Å²) in [5.74, 6) is -1.16. The summed E-state index contributed by atoms with van der Waals surface area (Å²) in [5, 5.41) is 11.0. The number of likely N-dealkylation sites (N-methyl/N-ethyl adjacent to an activating group) is 1. The van der Waals surface area contributed by atoms with Gasteiger partial charge < -0.3 is 31.8 Å². The smallest absolute Gasteiger partial charge is 0.328 e. The average molecular weight is 340 g/mol. The Labute approximate surface area is 136 Å². The van der Waals surface area contributed by atoms with Crippen molar-refractivity contribution in [2.45, 2.75) is 25.2 Å². The monoisotopic (exact) mass is 340 g/mol. The first-order valence-electron chi connectivity index (χ1n) is 6.96. The van der Waals surface area contributed by atoms with E-state index in [2.05, 4.69) is 10.3 Å². The second-order valence-corrected chi connectivity index (χ2v) is 4.92. The number of carbonyl (C=O) groups excluding carboxylic acids is 1. The van der Waals surface area contributed by atoms with Crippen LogP contribution >= 0.6 is 0 Å². The molecule has 0 bridgehead atoms. The van der Waals surface area contributed by atoms with Crippen LogP contribution in [0.15, 0.2) is 34.1 Å².